The Labute approximate surface area is 102 Å². The van der Waals surface area contributed by atoms with Crippen molar-refractivity contribution in [3.63, 3.8) is 0 Å². The van der Waals surface area contributed by atoms with Crippen LogP contribution in [0.4, 0.5) is 0 Å². The predicted molar refractivity (Wildman–Crippen MR) is 64.5 cm³/mol. The van der Waals surface area contributed by atoms with E-state index in [0.717, 1.165) is 12.8 Å². The minimum absolute atomic E-state index is 0.0894. The summed E-state index contributed by atoms with van der Waals surface area (Å²) < 4.78 is 5.30. The molecule has 0 bridgehead atoms. The van der Waals surface area contributed by atoms with Gasteiger partial charge in [0.1, 0.15) is 6.10 Å². The summed E-state index contributed by atoms with van der Waals surface area (Å²) in [7, 11) is 0. The third kappa shape index (κ3) is 5.04. The summed E-state index contributed by atoms with van der Waals surface area (Å²) in [6.45, 7) is 3.19. The highest BCUT2D eigenvalue weighted by atomic mass is 16.5. The first kappa shape index (κ1) is 13.8. The number of hydrogen-bond donors (Lipinski definition) is 2. The molecule has 1 rings (SSSR count). The Morgan fingerprint density at radius 3 is 2.29 bits per heavy atom. The van der Waals surface area contributed by atoms with Crippen LogP contribution in [0.15, 0.2) is 23.5 Å². The summed E-state index contributed by atoms with van der Waals surface area (Å²) in [6, 6.07) is 0. The van der Waals surface area contributed by atoms with Crippen molar-refractivity contribution in [2.75, 3.05) is 0 Å². The second-order valence-corrected chi connectivity index (χ2v) is 4.49. The molecular weight excluding hydrogens is 220 g/mol. The van der Waals surface area contributed by atoms with E-state index in [0.29, 0.717) is 18.4 Å². The van der Waals surface area contributed by atoms with E-state index in [2.05, 4.69) is 0 Å². The summed E-state index contributed by atoms with van der Waals surface area (Å²) in [4.78, 5) is 11.6. The SMILES string of the molecule is C/C(O)=C\C=C(/C)C(=O)OC1CCC(O)CC1. The van der Waals surface area contributed by atoms with E-state index in [-0.39, 0.29) is 23.9 Å². The molecule has 0 atom stereocenters. The Bertz CT molecular complexity index is 318. The van der Waals surface area contributed by atoms with Crippen molar-refractivity contribution in [1.29, 1.82) is 0 Å². The van der Waals surface area contributed by atoms with Gasteiger partial charge in [-0.05, 0) is 51.7 Å². The van der Waals surface area contributed by atoms with Crippen LogP contribution in [0.3, 0.4) is 0 Å². The van der Waals surface area contributed by atoms with Crippen LogP contribution in [0, 0.1) is 0 Å². The van der Waals surface area contributed by atoms with Gasteiger partial charge in [-0.1, -0.05) is 0 Å². The van der Waals surface area contributed by atoms with Crippen molar-refractivity contribution in [3.05, 3.63) is 23.5 Å². The first-order chi connectivity index (χ1) is 7.99. The van der Waals surface area contributed by atoms with Crippen molar-refractivity contribution in [3.8, 4) is 0 Å². The van der Waals surface area contributed by atoms with E-state index >= 15 is 0 Å². The summed E-state index contributed by atoms with van der Waals surface area (Å²) in [5, 5.41) is 18.3. The van der Waals surface area contributed by atoms with E-state index in [9.17, 15) is 9.90 Å². The molecule has 1 aliphatic rings. The van der Waals surface area contributed by atoms with E-state index < -0.39 is 0 Å². The number of ether oxygens (including phenoxy) is 1. The minimum Gasteiger partial charge on any atom is -0.513 e. The van der Waals surface area contributed by atoms with Gasteiger partial charge in [0.15, 0.2) is 0 Å². The second-order valence-electron chi connectivity index (χ2n) is 4.49. The number of allylic oxidation sites excluding steroid dienone is 3. The van der Waals surface area contributed by atoms with Crippen molar-refractivity contribution in [1.82, 2.24) is 0 Å². The highest BCUT2D eigenvalue weighted by molar-refractivity contribution is 5.88. The molecule has 1 saturated carbocycles. The fraction of sp³-hybridized carbons (Fsp3) is 0.615. The van der Waals surface area contributed by atoms with Crippen LogP contribution < -0.4 is 0 Å². The van der Waals surface area contributed by atoms with E-state index in [1.54, 1.807) is 6.92 Å². The molecule has 0 saturated heterocycles. The van der Waals surface area contributed by atoms with Gasteiger partial charge in [0, 0.05) is 5.57 Å². The second kappa shape index (κ2) is 6.45. The quantitative estimate of drug-likeness (QED) is 0.343. The lowest BCUT2D eigenvalue weighted by molar-refractivity contribution is -0.146. The highest BCUT2D eigenvalue weighted by Crippen LogP contribution is 2.21. The lowest BCUT2D eigenvalue weighted by Gasteiger charge is -2.25. The van der Waals surface area contributed by atoms with Gasteiger partial charge in [-0.25, -0.2) is 4.79 Å². The summed E-state index contributed by atoms with van der Waals surface area (Å²) in [6.07, 6.45) is 5.47. The fourth-order valence-electron chi connectivity index (χ4n) is 1.72. The van der Waals surface area contributed by atoms with E-state index in [4.69, 9.17) is 9.84 Å². The zero-order chi connectivity index (χ0) is 12.8. The summed E-state index contributed by atoms with van der Waals surface area (Å²) >= 11 is 0. The molecule has 96 valence electrons. The average Bonchev–Trinajstić information content (AvgIpc) is 2.28. The van der Waals surface area contributed by atoms with Crippen molar-refractivity contribution >= 4 is 5.97 Å². The van der Waals surface area contributed by atoms with Gasteiger partial charge in [0.25, 0.3) is 0 Å². The maximum absolute atomic E-state index is 11.6. The number of carbonyl (C=O) groups is 1. The number of aliphatic hydroxyl groups is 2. The van der Waals surface area contributed by atoms with Crippen molar-refractivity contribution in [2.24, 2.45) is 0 Å². The number of esters is 1. The number of rotatable bonds is 3. The van der Waals surface area contributed by atoms with Crippen LogP contribution >= 0.6 is 0 Å². The minimum atomic E-state index is -0.358. The first-order valence-electron chi connectivity index (χ1n) is 5.92. The monoisotopic (exact) mass is 240 g/mol. The molecule has 17 heavy (non-hydrogen) atoms. The van der Waals surface area contributed by atoms with Crippen LogP contribution in [-0.4, -0.2) is 28.4 Å². The van der Waals surface area contributed by atoms with Gasteiger partial charge in [-0.3, -0.25) is 0 Å². The Morgan fingerprint density at radius 2 is 1.76 bits per heavy atom. The van der Waals surface area contributed by atoms with Gasteiger partial charge < -0.3 is 14.9 Å². The van der Waals surface area contributed by atoms with Crippen LogP contribution in [-0.2, 0) is 9.53 Å². The Balaban J connectivity index is 2.44. The molecule has 1 aliphatic carbocycles. The van der Waals surface area contributed by atoms with Gasteiger partial charge >= 0.3 is 5.97 Å². The van der Waals surface area contributed by atoms with Gasteiger partial charge in [0.2, 0.25) is 0 Å². The fourth-order valence-corrected chi connectivity index (χ4v) is 1.72. The van der Waals surface area contributed by atoms with E-state index in [1.165, 1.54) is 19.1 Å². The molecule has 4 nitrogen and oxygen atoms in total. The Kier molecular flexibility index (Phi) is 5.22. The van der Waals surface area contributed by atoms with Gasteiger partial charge in [-0.15, -0.1) is 0 Å². The average molecular weight is 240 g/mol. The predicted octanol–water partition coefficient (Wildman–Crippen LogP) is 2.24. The first-order valence-corrected chi connectivity index (χ1v) is 5.92. The van der Waals surface area contributed by atoms with Crippen LogP contribution in [0.2, 0.25) is 0 Å². The molecular formula is C13H20O4. The van der Waals surface area contributed by atoms with Crippen LogP contribution in [0.5, 0.6) is 0 Å². The molecule has 2 N–H and O–H groups in total. The molecule has 0 aromatic rings. The Morgan fingerprint density at radius 1 is 1.18 bits per heavy atom. The smallest absolute Gasteiger partial charge is 0.333 e. The molecule has 0 aromatic heterocycles. The standard InChI is InChI=1S/C13H20O4/c1-9(3-4-10(2)14)13(16)17-12-7-5-11(15)6-8-12/h3-4,11-12,14-15H,5-8H2,1-2H3/b9-3+,10-4+. The molecule has 0 unspecified atom stereocenters. The molecule has 0 heterocycles. The molecule has 4 heteroatoms. The maximum atomic E-state index is 11.6. The Hall–Kier alpha value is -1.29. The van der Waals surface area contributed by atoms with Crippen LogP contribution in [0.25, 0.3) is 0 Å². The summed E-state index contributed by atoms with van der Waals surface area (Å²) in [5.74, 6) is -0.207. The third-order valence-electron chi connectivity index (χ3n) is 2.81. The van der Waals surface area contributed by atoms with Crippen molar-refractivity contribution < 1.29 is 19.7 Å². The normalized spacial score (nSPS) is 26.8. The molecule has 0 spiro atoms. The molecule has 0 radical (unpaired) electrons. The largest absolute Gasteiger partial charge is 0.513 e. The van der Waals surface area contributed by atoms with Gasteiger partial charge in [0.05, 0.1) is 11.9 Å². The van der Waals surface area contributed by atoms with Crippen LogP contribution in [0.1, 0.15) is 39.5 Å². The lowest BCUT2D eigenvalue weighted by atomic mass is 9.95. The van der Waals surface area contributed by atoms with E-state index in [1.807, 2.05) is 0 Å². The number of hydrogen-bond acceptors (Lipinski definition) is 4. The molecule has 0 aromatic carbocycles. The topological polar surface area (TPSA) is 66.8 Å². The molecule has 0 amide bonds. The lowest BCUT2D eigenvalue weighted by Crippen LogP contribution is -2.26. The van der Waals surface area contributed by atoms with Crippen molar-refractivity contribution in [2.45, 2.75) is 51.7 Å². The summed E-state index contributed by atoms with van der Waals surface area (Å²) in [5.41, 5.74) is 0.463. The zero-order valence-electron chi connectivity index (χ0n) is 10.3. The molecule has 0 aliphatic heterocycles. The maximum Gasteiger partial charge on any atom is 0.333 e. The molecule has 1 fully saturated rings. The zero-order valence-corrected chi connectivity index (χ0v) is 10.3. The third-order valence-corrected chi connectivity index (χ3v) is 2.81. The number of aliphatic hydroxyl groups excluding tert-OH is 2. The highest BCUT2D eigenvalue weighted by Gasteiger charge is 2.22. The van der Waals surface area contributed by atoms with Gasteiger partial charge in [-0.2, -0.15) is 0 Å². The number of carbonyl (C=O) groups excluding carboxylic acids is 1.